The van der Waals surface area contributed by atoms with Crippen LogP contribution in [0, 0.1) is 27.7 Å². The molecule has 3 heterocycles. The van der Waals surface area contributed by atoms with Gasteiger partial charge in [-0.2, -0.15) is 5.10 Å². The van der Waals surface area contributed by atoms with Gasteiger partial charge in [-0.15, -0.1) is 11.3 Å². The van der Waals surface area contributed by atoms with E-state index in [1.54, 1.807) is 6.92 Å². The predicted octanol–water partition coefficient (Wildman–Crippen LogP) is 3.25. The van der Waals surface area contributed by atoms with Crippen LogP contribution in [-0.2, 0) is 11.3 Å². The average Bonchev–Trinajstić information content (AvgIpc) is 3.02. The fraction of sp³-hybridized carbons (Fsp3) is 0.375. The van der Waals surface area contributed by atoms with Gasteiger partial charge in [-0.1, -0.05) is 11.6 Å². The maximum absolute atomic E-state index is 12.9. The molecular formula is C16H16ClF2N5O2S. The molecule has 0 fully saturated rings. The Morgan fingerprint density at radius 2 is 1.96 bits per heavy atom. The molecule has 7 nitrogen and oxygen atoms in total. The molecule has 3 aromatic heterocycles. The lowest BCUT2D eigenvalue weighted by atomic mass is 10.2. The summed E-state index contributed by atoms with van der Waals surface area (Å²) in [5.41, 5.74) is 2.54. The Labute approximate surface area is 161 Å². The molecule has 27 heavy (non-hydrogen) atoms. The fourth-order valence-electron chi connectivity index (χ4n) is 2.66. The van der Waals surface area contributed by atoms with Crippen molar-refractivity contribution in [3.63, 3.8) is 0 Å². The van der Waals surface area contributed by atoms with E-state index in [1.807, 2.05) is 13.8 Å². The molecule has 0 saturated heterocycles. The van der Waals surface area contributed by atoms with Crippen molar-refractivity contribution in [1.82, 2.24) is 19.4 Å². The molecule has 11 heteroatoms. The van der Waals surface area contributed by atoms with Gasteiger partial charge in [0.25, 0.3) is 17.9 Å². The van der Waals surface area contributed by atoms with Crippen molar-refractivity contribution in [3.8, 4) is 0 Å². The van der Waals surface area contributed by atoms with Gasteiger partial charge in [0, 0.05) is 4.88 Å². The number of rotatable bonds is 4. The molecule has 0 aliphatic carbocycles. The molecule has 0 spiro atoms. The summed E-state index contributed by atoms with van der Waals surface area (Å²) in [5.74, 6) is -0.306. The second-order valence-corrected chi connectivity index (χ2v) is 7.62. The summed E-state index contributed by atoms with van der Waals surface area (Å²) >= 11 is 7.24. The Morgan fingerprint density at radius 1 is 1.30 bits per heavy atom. The third kappa shape index (κ3) is 3.34. The highest BCUT2D eigenvalue weighted by Crippen LogP contribution is 2.28. The number of fused-ring (bicyclic) bond motifs is 1. The van der Waals surface area contributed by atoms with Crippen LogP contribution in [0.5, 0.6) is 0 Å². The zero-order chi connectivity index (χ0) is 20.0. The Kier molecular flexibility index (Phi) is 5.04. The third-order valence-electron chi connectivity index (χ3n) is 4.27. The van der Waals surface area contributed by atoms with Crippen molar-refractivity contribution < 1.29 is 13.6 Å². The zero-order valence-corrected chi connectivity index (χ0v) is 16.5. The van der Waals surface area contributed by atoms with Gasteiger partial charge in [0.1, 0.15) is 22.9 Å². The van der Waals surface area contributed by atoms with Gasteiger partial charge >= 0.3 is 0 Å². The first-order chi connectivity index (χ1) is 12.6. The highest BCUT2D eigenvalue weighted by atomic mass is 35.5. The van der Waals surface area contributed by atoms with Crippen LogP contribution >= 0.6 is 22.9 Å². The first kappa shape index (κ1) is 19.4. The highest BCUT2D eigenvalue weighted by Gasteiger charge is 2.22. The topological polar surface area (TPSA) is 81.8 Å². The Bertz CT molecular complexity index is 1120. The van der Waals surface area contributed by atoms with E-state index < -0.39 is 23.6 Å². The Balaban J connectivity index is 1.92. The molecule has 0 radical (unpaired) electrons. The number of thiophene rings is 1. The number of aromatic nitrogens is 4. The number of nitrogens with zero attached hydrogens (tertiary/aromatic N) is 4. The molecular weight excluding hydrogens is 400 g/mol. The van der Waals surface area contributed by atoms with Crippen molar-refractivity contribution >= 4 is 39.1 Å². The molecule has 0 aliphatic rings. The highest BCUT2D eigenvalue weighted by molar-refractivity contribution is 7.18. The summed E-state index contributed by atoms with van der Waals surface area (Å²) in [7, 11) is 0. The average molecular weight is 416 g/mol. The molecule has 3 rings (SSSR count). The minimum Gasteiger partial charge on any atom is -0.271 e. The summed E-state index contributed by atoms with van der Waals surface area (Å²) in [6.07, 6.45) is -2.85. The van der Waals surface area contributed by atoms with Gasteiger partial charge in [-0.3, -0.25) is 19.7 Å². The van der Waals surface area contributed by atoms with Crippen molar-refractivity contribution in [2.75, 3.05) is 5.43 Å². The summed E-state index contributed by atoms with van der Waals surface area (Å²) in [6, 6.07) is 0. The molecule has 144 valence electrons. The smallest absolute Gasteiger partial charge is 0.271 e. The van der Waals surface area contributed by atoms with E-state index >= 15 is 0 Å². The van der Waals surface area contributed by atoms with E-state index in [-0.39, 0.29) is 17.3 Å². The monoisotopic (exact) mass is 415 g/mol. The van der Waals surface area contributed by atoms with Crippen LogP contribution in [0.25, 0.3) is 10.2 Å². The van der Waals surface area contributed by atoms with Crippen LogP contribution in [0.15, 0.2) is 4.79 Å². The van der Waals surface area contributed by atoms with Crippen LogP contribution in [0.2, 0.25) is 5.02 Å². The van der Waals surface area contributed by atoms with Crippen molar-refractivity contribution in [1.29, 1.82) is 0 Å². The van der Waals surface area contributed by atoms with Gasteiger partial charge in [-0.05, 0) is 33.3 Å². The van der Waals surface area contributed by atoms with E-state index in [9.17, 15) is 18.4 Å². The van der Waals surface area contributed by atoms with Gasteiger partial charge in [0.15, 0.2) is 0 Å². The number of alkyl halides is 2. The van der Waals surface area contributed by atoms with E-state index in [0.29, 0.717) is 16.0 Å². The molecule has 0 aromatic carbocycles. The lowest BCUT2D eigenvalue weighted by molar-refractivity contribution is -0.117. The molecule has 1 N–H and O–H groups in total. The van der Waals surface area contributed by atoms with Crippen LogP contribution in [0.3, 0.4) is 0 Å². The van der Waals surface area contributed by atoms with Crippen LogP contribution in [0.1, 0.15) is 34.1 Å². The molecule has 0 atom stereocenters. The second-order valence-electron chi connectivity index (χ2n) is 6.04. The molecule has 0 saturated carbocycles. The number of carbonyl (C=O) groups is 1. The van der Waals surface area contributed by atoms with Gasteiger partial charge < -0.3 is 0 Å². The zero-order valence-electron chi connectivity index (χ0n) is 14.9. The molecule has 1 amide bonds. The number of nitrogens with one attached hydrogen (secondary N) is 1. The number of halogens is 3. The third-order valence-corrected chi connectivity index (χ3v) is 5.83. The van der Waals surface area contributed by atoms with Gasteiger partial charge in [0.05, 0.1) is 16.1 Å². The van der Waals surface area contributed by atoms with E-state index in [1.165, 1.54) is 18.3 Å². The maximum Gasteiger partial charge on any atom is 0.283 e. The Morgan fingerprint density at radius 3 is 2.56 bits per heavy atom. The quantitative estimate of drug-likeness (QED) is 0.709. The van der Waals surface area contributed by atoms with Gasteiger partial charge in [-0.25, -0.2) is 18.4 Å². The first-order valence-electron chi connectivity index (χ1n) is 7.92. The van der Waals surface area contributed by atoms with Crippen molar-refractivity contribution in [2.45, 2.75) is 40.7 Å². The number of aryl methyl sites for hydroxylation is 3. The van der Waals surface area contributed by atoms with Crippen LogP contribution in [0.4, 0.5) is 8.78 Å². The lowest BCUT2D eigenvalue weighted by Gasteiger charge is -2.11. The lowest BCUT2D eigenvalue weighted by Crippen LogP contribution is -2.37. The molecule has 3 aromatic rings. The SMILES string of the molecule is Cc1sc2nc(C)n(NC(=O)Cn3nc(C(F)F)c(Cl)c3C)c(=O)c2c1C. The largest absolute Gasteiger partial charge is 0.283 e. The molecule has 0 bridgehead atoms. The van der Waals surface area contributed by atoms with E-state index in [0.717, 1.165) is 19.8 Å². The predicted molar refractivity (Wildman–Crippen MR) is 99.4 cm³/mol. The van der Waals surface area contributed by atoms with Crippen LogP contribution in [-0.4, -0.2) is 25.3 Å². The summed E-state index contributed by atoms with van der Waals surface area (Å²) < 4.78 is 27.9. The summed E-state index contributed by atoms with van der Waals surface area (Å²) in [5, 5.41) is 3.94. The van der Waals surface area contributed by atoms with Gasteiger partial charge in [0.2, 0.25) is 0 Å². The standard InChI is InChI=1S/C16H16ClF2N5O2S/c1-6-8(3)27-15-11(6)16(26)24(9(4)20-15)21-10(25)5-23-7(2)12(17)13(22-23)14(18)19/h14H,5H2,1-4H3,(H,21,25). The number of amides is 1. The summed E-state index contributed by atoms with van der Waals surface area (Å²) in [6.45, 7) is 6.42. The minimum absolute atomic E-state index is 0.182. The molecule has 0 aliphatic heterocycles. The van der Waals surface area contributed by atoms with E-state index in [4.69, 9.17) is 11.6 Å². The number of hydrogen-bond donors (Lipinski definition) is 1. The van der Waals surface area contributed by atoms with Crippen LogP contribution < -0.4 is 11.0 Å². The van der Waals surface area contributed by atoms with E-state index in [2.05, 4.69) is 15.5 Å². The second kappa shape index (κ2) is 7.01. The van der Waals surface area contributed by atoms with Crippen molar-refractivity contribution in [3.05, 3.63) is 43.0 Å². The molecule has 0 unspecified atom stereocenters. The summed E-state index contributed by atoms with van der Waals surface area (Å²) in [4.78, 5) is 31.1. The fourth-order valence-corrected chi connectivity index (χ4v) is 3.95. The van der Waals surface area contributed by atoms with Crippen molar-refractivity contribution in [2.24, 2.45) is 0 Å². The number of carbonyl (C=O) groups excluding carboxylic acids is 1. The number of hydrogen-bond acceptors (Lipinski definition) is 5. The maximum atomic E-state index is 12.9. The Hall–Kier alpha value is -2.33. The normalized spacial score (nSPS) is 11.6. The minimum atomic E-state index is -2.85. The first-order valence-corrected chi connectivity index (χ1v) is 9.11.